The van der Waals surface area contributed by atoms with E-state index in [1.807, 2.05) is 6.92 Å². The van der Waals surface area contributed by atoms with Gasteiger partial charge in [0.2, 0.25) is 0 Å². The Bertz CT molecular complexity index is 431. The van der Waals surface area contributed by atoms with Gasteiger partial charge in [0.25, 0.3) is 20.2 Å². The lowest BCUT2D eigenvalue weighted by Gasteiger charge is -2.03. The van der Waals surface area contributed by atoms with Gasteiger partial charge >= 0.3 is 0 Å². The molecule has 0 spiro atoms. The zero-order chi connectivity index (χ0) is 12.8. The third kappa shape index (κ3) is 7.80. The largest absolute Gasteiger partial charge is 0.290 e. The molecule has 0 aliphatic heterocycles. The van der Waals surface area contributed by atoms with Gasteiger partial charge in [0.1, 0.15) is 0 Å². The van der Waals surface area contributed by atoms with Crippen LogP contribution in [-0.2, 0) is 20.2 Å². The van der Waals surface area contributed by atoms with Gasteiger partial charge in [0.15, 0.2) is 0 Å². The minimum absolute atomic E-state index is 0.0716. The molecule has 0 aliphatic carbocycles. The Morgan fingerprint density at radius 1 is 1.12 bits per heavy atom. The van der Waals surface area contributed by atoms with Crippen molar-refractivity contribution in [1.82, 2.24) is 0 Å². The van der Waals surface area contributed by atoms with Crippen molar-refractivity contribution in [3.05, 3.63) is 11.0 Å². The van der Waals surface area contributed by atoms with Crippen molar-refractivity contribution in [2.75, 3.05) is 5.75 Å². The minimum Gasteiger partial charge on any atom is -0.285 e. The first-order chi connectivity index (χ1) is 7.17. The van der Waals surface area contributed by atoms with Crippen molar-refractivity contribution in [2.45, 2.75) is 32.6 Å². The van der Waals surface area contributed by atoms with Gasteiger partial charge in [0, 0.05) is 0 Å². The highest BCUT2D eigenvalue weighted by Crippen LogP contribution is 2.14. The number of hydrogen-bond donors (Lipinski definition) is 2. The van der Waals surface area contributed by atoms with E-state index in [1.165, 1.54) is 0 Å². The first kappa shape index (κ1) is 15.6. The van der Waals surface area contributed by atoms with Gasteiger partial charge in [-0.3, -0.25) is 9.11 Å². The van der Waals surface area contributed by atoms with Crippen molar-refractivity contribution in [3.8, 4) is 0 Å². The Morgan fingerprint density at radius 3 is 2.06 bits per heavy atom. The minimum atomic E-state index is -4.38. The highest BCUT2D eigenvalue weighted by Gasteiger charge is 2.14. The van der Waals surface area contributed by atoms with Crippen LogP contribution in [0.5, 0.6) is 0 Å². The molecular weight excluding hydrogens is 256 g/mol. The lowest BCUT2D eigenvalue weighted by molar-refractivity contribution is 0.486. The summed E-state index contributed by atoms with van der Waals surface area (Å²) in [6.07, 6.45) is 3.08. The first-order valence-electron chi connectivity index (χ1n) is 4.78. The van der Waals surface area contributed by atoms with Crippen molar-refractivity contribution >= 4 is 20.2 Å². The molecule has 96 valence electrons. The lowest BCUT2D eigenvalue weighted by atomic mass is 10.2. The van der Waals surface area contributed by atoms with Crippen molar-refractivity contribution < 1.29 is 25.9 Å². The van der Waals surface area contributed by atoms with Crippen LogP contribution in [-0.4, -0.2) is 31.7 Å². The molecule has 0 aromatic rings. The van der Waals surface area contributed by atoms with E-state index in [-0.39, 0.29) is 11.3 Å². The maximum Gasteiger partial charge on any atom is 0.290 e. The second-order valence-corrected chi connectivity index (χ2v) is 6.32. The number of rotatable bonds is 7. The van der Waals surface area contributed by atoms with Gasteiger partial charge in [-0.15, -0.1) is 0 Å². The normalized spacial score (nSPS) is 14.1. The average molecular weight is 272 g/mol. The van der Waals surface area contributed by atoms with Crippen LogP contribution in [0.4, 0.5) is 0 Å². The summed E-state index contributed by atoms with van der Waals surface area (Å²) in [7, 11) is -8.64. The Kier molecular flexibility index (Phi) is 6.16. The third-order valence-electron chi connectivity index (χ3n) is 1.88. The van der Waals surface area contributed by atoms with Gasteiger partial charge < -0.3 is 0 Å². The molecule has 0 atom stereocenters. The predicted octanol–water partition coefficient (Wildman–Crippen LogP) is 1.23. The van der Waals surface area contributed by atoms with E-state index in [2.05, 4.69) is 0 Å². The number of allylic oxidation sites excluding steroid dienone is 1. The summed E-state index contributed by atoms with van der Waals surface area (Å²) in [6.45, 7) is 1.93. The maximum atomic E-state index is 10.9. The van der Waals surface area contributed by atoms with E-state index in [0.717, 1.165) is 18.9 Å². The van der Waals surface area contributed by atoms with Crippen molar-refractivity contribution in [1.29, 1.82) is 0 Å². The Balaban J connectivity index is 4.70. The van der Waals surface area contributed by atoms with Crippen molar-refractivity contribution in [3.63, 3.8) is 0 Å². The summed E-state index contributed by atoms with van der Waals surface area (Å²) < 4.78 is 59.8. The molecule has 0 rings (SSSR count). The summed E-state index contributed by atoms with van der Waals surface area (Å²) in [6, 6.07) is 0. The van der Waals surface area contributed by atoms with Crippen LogP contribution in [0.3, 0.4) is 0 Å². The zero-order valence-corrected chi connectivity index (χ0v) is 10.6. The monoisotopic (exact) mass is 272 g/mol. The Morgan fingerprint density at radius 2 is 1.69 bits per heavy atom. The van der Waals surface area contributed by atoms with Crippen LogP contribution in [0.15, 0.2) is 11.0 Å². The molecule has 8 heteroatoms. The molecule has 0 bridgehead atoms. The molecule has 0 aliphatic rings. The van der Waals surface area contributed by atoms with E-state index < -0.39 is 26.0 Å². The van der Waals surface area contributed by atoms with E-state index in [9.17, 15) is 16.8 Å². The maximum absolute atomic E-state index is 10.9. The van der Waals surface area contributed by atoms with Crippen LogP contribution in [0.1, 0.15) is 32.6 Å². The Labute approximate surface area is 95.9 Å². The van der Waals surface area contributed by atoms with E-state index in [1.54, 1.807) is 0 Å². The number of hydrogen-bond acceptors (Lipinski definition) is 4. The van der Waals surface area contributed by atoms with Crippen LogP contribution in [0.25, 0.3) is 0 Å². The number of unbranched alkanes of at least 4 members (excludes halogenated alkanes) is 2. The average Bonchev–Trinajstić information content (AvgIpc) is 2.07. The van der Waals surface area contributed by atoms with Crippen LogP contribution in [0.2, 0.25) is 0 Å². The second-order valence-electron chi connectivity index (χ2n) is 3.35. The first-order valence-corrected chi connectivity index (χ1v) is 7.83. The summed E-state index contributed by atoms with van der Waals surface area (Å²) in [5.74, 6) is -0.811. The molecule has 0 aromatic heterocycles. The molecule has 16 heavy (non-hydrogen) atoms. The van der Waals surface area contributed by atoms with Gasteiger partial charge in [-0.05, 0) is 12.8 Å². The molecular formula is C8H16O6S2. The molecule has 0 amide bonds. The summed E-state index contributed by atoms with van der Waals surface area (Å²) in [5, 5.41) is 0. The summed E-state index contributed by atoms with van der Waals surface area (Å²) in [5.41, 5.74) is 0. The highest BCUT2D eigenvalue weighted by molar-refractivity contribution is 7.90. The van der Waals surface area contributed by atoms with Crippen LogP contribution >= 0.6 is 0 Å². The SMILES string of the molecule is CCCCCC(=CCS(=O)(=O)O)S(=O)(=O)O. The third-order valence-corrected chi connectivity index (χ3v) is 3.50. The zero-order valence-electron chi connectivity index (χ0n) is 8.96. The summed E-state index contributed by atoms with van der Waals surface area (Å²) >= 11 is 0. The molecule has 0 radical (unpaired) electrons. The van der Waals surface area contributed by atoms with Crippen molar-refractivity contribution in [2.24, 2.45) is 0 Å². The fourth-order valence-corrected chi connectivity index (χ4v) is 2.30. The smallest absolute Gasteiger partial charge is 0.285 e. The Hall–Kier alpha value is -0.440. The molecule has 0 saturated carbocycles. The molecule has 0 unspecified atom stereocenters. The van der Waals surface area contributed by atoms with Crippen LogP contribution in [0, 0.1) is 0 Å². The quantitative estimate of drug-likeness (QED) is 0.533. The van der Waals surface area contributed by atoms with Crippen LogP contribution < -0.4 is 0 Å². The topological polar surface area (TPSA) is 109 Å². The second kappa shape index (κ2) is 6.33. The molecule has 0 saturated heterocycles. The van der Waals surface area contributed by atoms with Gasteiger partial charge in [-0.1, -0.05) is 25.8 Å². The van der Waals surface area contributed by atoms with Gasteiger partial charge in [-0.2, -0.15) is 16.8 Å². The molecule has 2 N–H and O–H groups in total. The lowest BCUT2D eigenvalue weighted by Crippen LogP contribution is -2.07. The highest BCUT2D eigenvalue weighted by atomic mass is 32.2. The molecule has 0 heterocycles. The van der Waals surface area contributed by atoms with E-state index in [0.29, 0.717) is 6.42 Å². The molecule has 0 aromatic carbocycles. The summed E-state index contributed by atoms with van der Waals surface area (Å²) in [4.78, 5) is -0.362. The standard InChI is InChI=1S/C8H16O6S2/c1-2-3-4-5-8(16(12,13)14)6-7-15(9,10)11/h6H,2-5,7H2,1H3,(H,9,10,11)(H,12,13,14). The predicted molar refractivity (Wildman–Crippen MR) is 60.2 cm³/mol. The fraction of sp³-hybridized carbons (Fsp3) is 0.750. The van der Waals surface area contributed by atoms with Gasteiger partial charge in [-0.25, -0.2) is 0 Å². The fourth-order valence-electron chi connectivity index (χ4n) is 1.08. The molecule has 0 fully saturated rings. The van der Waals surface area contributed by atoms with E-state index >= 15 is 0 Å². The van der Waals surface area contributed by atoms with Gasteiger partial charge in [0.05, 0.1) is 10.7 Å². The molecule has 6 nitrogen and oxygen atoms in total. The van der Waals surface area contributed by atoms with E-state index in [4.69, 9.17) is 9.11 Å².